The Morgan fingerprint density at radius 1 is 1.26 bits per heavy atom. The van der Waals surface area contributed by atoms with Crippen LogP contribution in [-0.2, 0) is 11.2 Å². The second-order valence-electron chi connectivity index (χ2n) is 5.92. The highest BCUT2D eigenvalue weighted by molar-refractivity contribution is 7.15. The number of halogens is 1. The number of nitriles is 1. The molecule has 4 nitrogen and oxygen atoms in total. The third kappa shape index (κ3) is 4.87. The number of nitrogens with zero attached hydrogens (tertiary/aromatic N) is 2. The Morgan fingerprint density at radius 3 is 2.70 bits per heavy atom. The normalized spacial score (nSPS) is 11.1. The van der Waals surface area contributed by atoms with Crippen LogP contribution in [0, 0.1) is 24.1 Å². The minimum atomic E-state index is -0.497. The van der Waals surface area contributed by atoms with Crippen molar-refractivity contribution in [2.75, 3.05) is 5.32 Å². The molecule has 0 aliphatic rings. The molecule has 3 aromatic rings. The average Bonchev–Trinajstić information content (AvgIpc) is 3.09. The molecule has 1 N–H and O–H groups in total. The molecule has 1 amide bonds. The van der Waals surface area contributed by atoms with Gasteiger partial charge in [-0.3, -0.25) is 10.1 Å². The molecule has 27 heavy (non-hydrogen) atoms. The van der Waals surface area contributed by atoms with Crippen molar-refractivity contribution in [3.8, 4) is 6.07 Å². The number of benzene rings is 2. The quantitative estimate of drug-likeness (QED) is 0.516. The van der Waals surface area contributed by atoms with Gasteiger partial charge in [0.2, 0.25) is 0 Å². The molecule has 134 valence electrons. The minimum absolute atomic E-state index is 0.0135. The fraction of sp³-hybridized carbons (Fsp3) is 0.0952. The fourth-order valence-corrected chi connectivity index (χ4v) is 3.31. The van der Waals surface area contributed by atoms with Crippen LogP contribution in [-0.4, -0.2) is 10.9 Å². The molecule has 0 saturated heterocycles. The summed E-state index contributed by atoms with van der Waals surface area (Å²) >= 11 is 1.32. The third-order valence-corrected chi connectivity index (χ3v) is 4.83. The fourth-order valence-electron chi connectivity index (χ4n) is 2.47. The van der Waals surface area contributed by atoms with E-state index < -0.39 is 5.91 Å². The number of aryl methyl sites for hydroxylation is 1. The average molecular weight is 377 g/mol. The van der Waals surface area contributed by atoms with E-state index in [1.165, 1.54) is 23.5 Å². The van der Waals surface area contributed by atoms with Gasteiger partial charge < -0.3 is 0 Å². The predicted octanol–water partition coefficient (Wildman–Crippen LogP) is 4.73. The van der Waals surface area contributed by atoms with E-state index in [0.29, 0.717) is 11.6 Å². The number of carbonyl (C=O) groups excluding carboxylic acids is 1. The minimum Gasteiger partial charge on any atom is -0.297 e. The van der Waals surface area contributed by atoms with Crippen LogP contribution in [0.25, 0.3) is 6.08 Å². The maximum absolute atomic E-state index is 13.0. The van der Waals surface area contributed by atoms with Crippen LogP contribution in [0.5, 0.6) is 0 Å². The highest BCUT2D eigenvalue weighted by atomic mass is 32.1. The van der Waals surface area contributed by atoms with Gasteiger partial charge >= 0.3 is 0 Å². The van der Waals surface area contributed by atoms with E-state index >= 15 is 0 Å². The Labute approximate surface area is 160 Å². The van der Waals surface area contributed by atoms with Crippen molar-refractivity contribution in [3.05, 3.63) is 87.7 Å². The number of anilines is 1. The summed E-state index contributed by atoms with van der Waals surface area (Å²) in [7, 11) is 0. The number of hydrogen-bond donors (Lipinski definition) is 1. The van der Waals surface area contributed by atoms with E-state index in [-0.39, 0.29) is 11.4 Å². The molecule has 1 aromatic heterocycles. The van der Waals surface area contributed by atoms with Gasteiger partial charge in [-0.05, 0) is 41.8 Å². The van der Waals surface area contributed by atoms with E-state index in [2.05, 4.69) is 10.3 Å². The summed E-state index contributed by atoms with van der Waals surface area (Å²) < 4.78 is 13.0. The second-order valence-corrected chi connectivity index (χ2v) is 7.03. The number of thiazole rings is 1. The smallest absolute Gasteiger partial charge is 0.268 e. The van der Waals surface area contributed by atoms with Gasteiger partial charge in [-0.25, -0.2) is 9.37 Å². The van der Waals surface area contributed by atoms with Crippen molar-refractivity contribution in [1.29, 1.82) is 5.26 Å². The van der Waals surface area contributed by atoms with Gasteiger partial charge in [-0.1, -0.05) is 36.4 Å². The predicted molar refractivity (Wildman–Crippen MR) is 105 cm³/mol. The Morgan fingerprint density at radius 2 is 2.00 bits per heavy atom. The molecule has 0 bridgehead atoms. The molecule has 0 aliphatic heterocycles. The first-order valence-electron chi connectivity index (χ1n) is 8.23. The molecular formula is C21H16FN3OS. The van der Waals surface area contributed by atoms with Crippen LogP contribution in [0.15, 0.2) is 60.3 Å². The zero-order valence-electron chi connectivity index (χ0n) is 14.6. The van der Waals surface area contributed by atoms with E-state index in [0.717, 1.165) is 21.6 Å². The highest BCUT2D eigenvalue weighted by Gasteiger charge is 2.12. The summed E-state index contributed by atoms with van der Waals surface area (Å²) in [6.45, 7) is 1.92. The zero-order chi connectivity index (χ0) is 19.2. The first-order valence-corrected chi connectivity index (χ1v) is 9.05. The van der Waals surface area contributed by atoms with Gasteiger partial charge in [0.15, 0.2) is 5.13 Å². The number of rotatable bonds is 5. The number of amides is 1. The Balaban J connectivity index is 1.70. The van der Waals surface area contributed by atoms with Crippen LogP contribution in [0.4, 0.5) is 9.52 Å². The van der Waals surface area contributed by atoms with Gasteiger partial charge in [-0.15, -0.1) is 11.3 Å². The van der Waals surface area contributed by atoms with Gasteiger partial charge in [0.05, 0.1) is 0 Å². The Kier molecular flexibility index (Phi) is 5.74. The van der Waals surface area contributed by atoms with Crippen molar-refractivity contribution < 1.29 is 9.18 Å². The lowest BCUT2D eigenvalue weighted by molar-refractivity contribution is -0.112. The van der Waals surface area contributed by atoms with Crippen molar-refractivity contribution >= 4 is 28.5 Å². The summed E-state index contributed by atoms with van der Waals surface area (Å²) in [6.07, 6.45) is 3.83. The van der Waals surface area contributed by atoms with Gasteiger partial charge in [0, 0.05) is 17.5 Å². The second kappa shape index (κ2) is 8.39. The summed E-state index contributed by atoms with van der Waals surface area (Å²) in [4.78, 5) is 17.5. The summed E-state index contributed by atoms with van der Waals surface area (Å²) in [5, 5.41) is 12.4. The molecular weight excluding hydrogens is 361 g/mol. The van der Waals surface area contributed by atoms with E-state index in [4.69, 9.17) is 0 Å². The molecule has 0 atom stereocenters. The van der Waals surface area contributed by atoms with Crippen LogP contribution in [0.1, 0.15) is 21.6 Å². The van der Waals surface area contributed by atoms with Crippen molar-refractivity contribution in [2.45, 2.75) is 13.3 Å². The summed E-state index contributed by atoms with van der Waals surface area (Å²) in [6, 6.07) is 15.7. The molecule has 0 unspecified atom stereocenters. The molecule has 6 heteroatoms. The Bertz CT molecular complexity index is 1030. The number of hydrogen-bond acceptors (Lipinski definition) is 4. The summed E-state index contributed by atoms with van der Waals surface area (Å²) in [5.41, 5.74) is 2.77. The third-order valence-electron chi connectivity index (χ3n) is 3.92. The number of nitrogens with one attached hydrogen (secondary N) is 1. The van der Waals surface area contributed by atoms with Crippen LogP contribution in [0.3, 0.4) is 0 Å². The lowest BCUT2D eigenvalue weighted by Crippen LogP contribution is -2.13. The molecule has 0 spiro atoms. The molecule has 3 rings (SSSR count). The van der Waals surface area contributed by atoms with E-state index in [9.17, 15) is 14.4 Å². The standard InChI is InChI=1S/C21H16FN3OS/c1-14-4-2-3-5-16(14)11-17(12-23)20(26)25-21-24-13-19(27-21)10-15-6-8-18(22)9-7-15/h2-9,11,13H,10H2,1H3,(H,24,25,26). The Hall–Kier alpha value is -3.30. The van der Waals surface area contributed by atoms with Crippen LogP contribution in [0.2, 0.25) is 0 Å². The first kappa shape index (κ1) is 18.5. The molecule has 0 saturated carbocycles. The van der Waals surface area contributed by atoms with Gasteiger partial charge in [-0.2, -0.15) is 5.26 Å². The molecule has 0 radical (unpaired) electrons. The maximum atomic E-state index is 13.0. The highest BCUT2D eigenvalue weighted by Crippen LogP contribution is 2.22. The molecule has 0 fully saturated rings. The molecule has 1 heterocycles. The topological polar surface area (TPSA) is 65.8 Å². The van der Waals surface area contributed by atoms with E-state index in [1.54, 1.807) is 24.4 Å². The van der Waals surface area contributed by atoms with Crippen molar-refractivity contribution in [1.82, 2.24) is 4.98 Å². The van der Waals surface area contributed by atoms with Crippen LogP contribution < -0.4 is 5.32 Å². The van der Waals surface area contributed by atoms with Gasteiger partial charge in [0.25, 0.3) is 5.91 Å². The monoisotopic (exact) mass is 377 g/mol. The van der Waals surface area contributed by atoms with Crippen LogP contribution >= 0.6 is 11.3 Å². The number of carbonyl (C=O) groups is 1. The zero-order valence-corrected chi connectivity index (χ0v) is 15.4. The summed E-state index contributed by atoms with van der Waals surface area (Å²) in [5.74, 6) is -0.774. The SMILES string of the molecule is Cc1ccccc1C=C(C#N)C(=O)Nc1ncc(Cc2ccc(F)cc2)s1. The van der Waals surface area contributed by atoms with E-state index in [1.807, 2.05) is 37.3 Å². The lowest BCUT2D eigenvalue weighted by Gasteiger charge is -2.02. The molecule has 0 aliphatic carbocycles. The largest absolute Gasteiger partial charge is 0.297 e. The maximum Gasteiger partial charge on any atom is 0.268 e. The lowest BCUT2D eigenvalue weighted by atomic mass is 10.1. The van der Waals surface area contributed by atoms with Crippen molar-refractivity contribution in [2.24, 2.45) is 0 Å². The van der Waals surface area contributed by atoms with Crippen molar-refractivity contribution in [3.63, 3.8) is 0 Å². The number of aromatic nitrogens is 1. The van der Waals surface area contributed by atoms with Gasteiger partial charge in [0.1, 0.15) is 17.5 Å². The molecule has 2 aromatic carbocycles. The first-order chi connectivity index (χ1) is 13.0.